The highest BCUT2D eigenvalue weighted by Crippen LogP contribution is 2.36. The van der Waals surface area contributed by atoms with Gasteiger partial charge < -0.3 is 0 Å². The van der Waals surface area contributed by atoms with Crippen molar-refractivity contribution in [2.45, 2.75) is 38.0 Å². The van der Waals surface area contributed by atoms with Crippen molar-refractivity contribution in [3.05, 3.63) is 47.5 Å². The predicted octanol–water partition coefficient (Wildman–Crippen LogP) is 5.19. The molecule has 1 aliphatic rings. The molecule has 0 heterocycles. The number of rotatable bonds is 3. The van der Waals surface area contributed by atoms with Crippen molar-refractivity contribution in [2.24, 2.45) is 5.92 Å². The van der Waals surface area contributed by atoms with E-state index in [1.807, 2.05) is 12.1 Å². The fourth-order valence-electron chi connectivity index (χ4n) is 2.78. The summed E-state index contributed by atoms with van der Waals surface area (Å²) >= 11 is 5.92. The maximum absolute atomic E-state index is 5.92. The Morgan fingerprint density at radius 1 is 1.12 bits per heavy atom. The number of benzene rings is 1. The molecule has 0 bridgehead atoms. The van der Waals surface area contributed by atoms with E-state index in [0.717, 1.165) is 10.9 Å². The van der Waals surface area contributed by atoms with Crippen LogP contribution in [-0.2, 0) is 0 Å². The summed E-state index contributed by atoms with van der Waals surface area (Å²) in [5.41, 5.74) is 1.37. The van der Waals surface area contributed by atoms with E-state index in [0.29, 0.717) is 5.92 Å². The Kier molecular flexibility index (Phi) is 4.06. The summed E-state index contributed by atoms with van der Waals surface area (Å²) in [4.78, 5) is 0. The first-order valence-electron chi connectivity index (χ1n) is 6.19. The Hall–Kier alpha value is -0.750. The fraction of sp³-hybridized carbons (Fsp3) is 0.467. The van der Waals surface area contributed by atoms with E-state index in [9.17, 15) is 0 Å². The van der Waals surface area contributed by atoms with Crippen molar-refractivity contribution in [3.63, 3.8) is 0 Å². The molecule has 0 saturated heterocycles. The average Bonchev–Trinajstić information content (AvgIpc) is 2.34. The molecular formula is C15H19Cl. The first-order valence-corrected chi connectivity index (χ1v) is 6.57. The van der Waals surface area contributed by atoms with Crippen LogP contribution in [0.2, 0.25) is 5.02 Å². The molecule has 1 heteroatoms. The molecule has 86 valence electrons. The van der Waals surface area contributed by atoms with Gasteiger partial charge in [0.25, 0.3) is 0 Å². The topological polar surface area (TPSA) is 0 Å². The maximum Gasteiger partial charge on any atom is 0.0406 e. The van der Waals surface area contributed by atoms with E-state index in [1.54, 1.807) is 0 Å². The molecule has 0 amide bonds. The second-order valence-corrected chi connectivity index (χ2v) is 5.15. The number of hydrogen-bond donors (Lipinski definition) is 0. The maximum atomic E-state index is 5.92. The molecule has 0 nitrogen and oxygen atoms in total. The smallest absolute Gasteiger partial charge is 0.0406 e. The Morgan fingerprint density at radius 3 is 2.31 bits per heavy atom. The Bertz CT molecular complexity index is 333. The van der Waals surface area contributed by atoms with Crippen LogP contribution in [0.4, 0.5) is 0 Å². The predicted molar refractivity (Wildman–Crippen MR) is 71.0 cm³/mol. The lowest BCUT2D eigenvalue weighted by Crippen LogP contribution is -2.14. The number of allylic oxidation sites excluding steroid dienone is 1. The summed E-state index contributed by atoms with van der Waals surface area (Å²) in [5.74, 6) is 1.30. The summed E-state index contributed by atoms with van der Waals surface area (Å²) in [6, 6.07) is 8.25. The van der Waals surface area contributed by atoms with Crippen LogP contribution in [0.15, 0.2) is 36.9 Å². The summed E-state index contributed by atoms with van der Waals surface area (Å²) in [6.07, 6.45) is 8.96. The lowest BCUT2D eigenvalue weighted by molar-refractivity contribution is 0.332. The molecule has 1 saturated carbocycles. The molecule has 0 radical (unpaired) electrons. The third-order valence-electron chi connectivity index (χ3n) is 3.67. The molecule has 0 aromatic heterocycles. The van der Waals surface area contributed by atoms with Crippen LogP contribution in [0, 0.1) is 5.92 Å². The Balaban J connectivity index is 2.14. The molecule has 1 aromatic rings. The Morgan fingerprint density at radius 2 is 1.75 bits per heavy atom. The van der Waals surface area contributed by atoms with Gasteiger partial charge in [-0.1, -0.05) is 49.1 Å². The zero-order valence-corrected chi connectivity index (χ0v) is 10.4. The largest absolute Gasteiger partial charge is 0.102 e. The molecule has 0 aliphatic heterocycles. The lowest BCUT2D eigenvalue weighted by Gasteiger charge is -2.28. The van der Waals surface area contributed by atoms with Gasteiger partial charge in [-0.3, -0.25) is 0 Å². The van der Waals surface area contributed by atoms with Crippen LogP contribution in [0.25, 0.3) is 0 Å². The molecule has 1 fully saturated rings. The van der Waals surface area contributed by atoms with Gasteiger partial charge in [0.2, 0.25) is 0 Å². The third-order valence-corrected chi connectivity index (χ3v) is 3.92. The summed E-state index contributed by atoms with van der Waals surface area (Å²) < 4.78 is 0. The molecular weight excluding hydrogens is 216 g/mol. The summed E-state index contributed by atoms with van der Waals surface area (Å²) in [5, 5.41) is 0.815. The van der Waals surface area contributed by atoms with Gasteiger partial charge in [0.15, 0.2) is 0 Å². The van der Waals surface area contributed by atoms with Crippen LogP contribution in [0.5, 0.6) is 0 Å². The highest BCUT2D eigenvalue weighted by Gasteiger charge is 2.22. The van der Waals surface area contributed by atoms with Gasteiger partial charge in [0.1, 0.15) is 0 Å². The van der Waals surface area contributed by atoms with E-state index in [4.69, 9.17) is 11.6 Å². The first kappa shape index (κ1) is 11.7. The molecule has 0 N–H and O–H groups in total. The molecule has 1 aromatic carbocycles. The fourth-order valence-corrected chi connectivity index (χ4v) is 2.90. The van der Waals surface area contributed by atoms with E-state index >= 15 is 0 Å². The molecule has 1 aliphatic carbocycles. The standard InChI is InChI=1S/C15H19Cl/c1-2-15(12-6-4-3-5-7-12)13-8-10-14(16)11-9-13/h2,8-12,15H,1,3-7H2/t15-/m1/s1. The van der Waals surface area contributed by atoms with Crippen LogP contribution in [0.3, 0.4) is 0 Å². The molecule has 0 unspecified atom stereocenters. The van der Waals surface area contributed by atoms with E-state index in [2.05, 4.69) is 24.8 Å². The molecule has 1 atom stereocenters. The van der Waals surface area contributed by atoms with Gasteiger partial charge in [-0.2, -0.15) is 0 Å². The van der Waals surface area contributed by atoms with Gasteiger partial charge in [0, 0.05) is 10.9 Å². The highest BCUT2D eigenvalue weighted by atomic mass is 35.5. The summed E-state index contributed by atoms with van der Waals surface area (Å²) in [7, 11) is 0. The minimum absolute atomic E-state index is 0.512. The van der Waals surface area contributed by atoms with Crippen molar-refractivity contribution in [2.75, 3.05) is 0 Å². The number of hydrogen-bond acceptors (Lipinski definition) is 0. The highest BCUT2D eigenvalue weighted by molar-refractivity contribution is 6.30. The van der Waals surface area contributed by atoms with Crippen LogP contribution in [0.1, 0.15) is 43.6 Å². The average molecular weight is 235 g/mol. The molecule has 0 spiro atoms. The SMILES string of the molecule is C=C[C@@H](c1ccc(Cl)cc1)C1CCCCC1. The minimum atomic E-state index is 0.512. The van der Waals surface area contributed by atoms with Gasteiger partial charge in [0.05, 0.1) is 0 Å². The zero-order valence-electron chi connectivity index (χ0n) is 9.66. The quantitative estimate of drug-likeness (QED) is 0.632. The number of halogens is 1. The van der Waals surface area contributed by atoms with Crippen LogP contribution in [-0.4, -0.2) is 0 Å². The van der Waals surface area contributed by atoms with E-state index in [1.165, 1.54) is 37.7 Å². The van der Waals surface area contributed by atoms with E-state index < -0.39 is 0 Å². The molecule has 2 rings (SSSR count). The minimum Gasteiger partial charge on any atom is -0.102 e. The van der Waals surface area contributed by atoms with Crippen molar-refractivity contribution < 1.29 is 0 Å². The van der Waals surface area contributed by atoms with Crippen molar-refractivity contribution in [1.29, 1.82) is 0 Å². The zero-order chi connectivity index (χ0) is 11.4. The van der Waals surface area contributed by atoms with Crippen molar-refractivity contribution >= 4 is 11.6 Å². The lowest BCUT2D eigenvalue weighted by atomic mass is 9.77. The van der Waals surface area contributed by atoms with Gasteiger partial charge in [-0.15, -0.1) is 6.58 Å². The first-order chi connectivity index (χ1) is 7.81. The van der Waals surface area contributed by atoms with E-state index in [-0.39, 0.29) is 0 Å². The molecule has 16 heavy (non-hydrogen) atoms. The monoisotopic (exact) mass is 234 g/mol. The van der Waals surface area contributed by atoms with Gasteiger partial charge in [-0.25, -0.2) is 0 Å². The second kappa shape index (κ2) is 5.54. The van der Waals surface area contributed by atoms with Crippen molar-refractivity contribution in [3.8, 4) is 0 Å². The summed E-state index contributed by atoms with van der Waals surface area (Å²) in [6.45, 7) is 4.00. The van der Waals surface area contributed by atoms with Crippen LogP contribution < -0.4 is 0 Å². The van der Waals surface area contributed by atoms with Crippen LogP contribution >= 0.6 is 11.6 Å². The third kappa shape index (κ3) is 2.68. The van der Waals surface area contributed by atoms with Gasteiger partial charge >= 0.3 is 0 Å². The van der Waals surface area contributed by atoms with Crippen molar-refractivity contribution in [1.82, 2.24) is 0 Å². The normalized spacial score (nSPS) is 19.3. The Labute approximate surface area is 103 Å². The second-order valence-electron chi connectivity index (χ2n) is 4.71. The van der Waals surface area contributed by atoms with Gasteiger partial charge in [-0.05, 0) is 36.5 Å².